The summed E-state index contributed by atoms with van der Waals surface area (Å²) >= 11 is 3.96. The molecule has 2 unspecified atom stereocenters. The fourth-order valence-corrected chi connectivity index (χ4v) is 4.63. The van der Waals surface area contributed by atoms with Crippen LogP contribution < -0.4 is 0 Å². The van der Waals surface area contributed by atoms with E-state index < -0.39 is 0 Å². The minimum Gasteiger partial charge on any atom is -0.0836 e. The SMILES string of the molecule is CCCCC(CC)C(Br)c1ccc(C2CCCCC2)cc1. The molecule has 1 fully saturated rings. The van der Waals surface area contributed by atoms with Crippen LogP contribution >= 0.6 is 15.9 Å². The van der Waals surface area contributed by atoms with Gasteiger partial charge in [-0.1, -0.05) is 92.6 Å². The fourth-order valence-electron chi connectivity index (χ4n) is 3.68. The molecule has 1 heteroatoms. The molecule has 21 heavy (non-hydrogen) atoms. The average molecular weight is 351 g/mol. The summed E-state index contributed by atoms with van der Waals surface area (Å²) in [4.78, 5) is 0.523. The number of unbranched alkanes of at least 4 members (excludes halogenated alkanes) is 1. The quantitative estimate of drug-likeness (QED) is 0.449. The molecule has 0 nitrogen and oxygen atoms in total. The van der Waals surface area contributed by atoms with E-state index in [1.807, 2.05) is 0 Å². The normalized spacial score (nSPS) is 19.4. The van der Waals surface area contributed by atoms with Gasteiger partial charge in [0.15, 0.2) is 0 Å². The average Bonchev–Trinajstić information content (AvgIpc) is 2.56. The zero-order valence-electron chi connectivity index (χ0n) is 13.8. The van der Waals surface area contributed by atoms with Gasteiger partial charge in [-0.05, 0) is 42.2 Å². The minimum absolute atomic E-state index is 0.523. The van der Waals surface area contributed by atoms with Crippen LogP contribution in [0.1, 0.15) is 93.5 Å². The number of halogens is 1. The number of alkyl halides is 1. The first-order valence-corrected chi connectivity index (χ1v) is 9.91. The van der Waals surface area contributed by atoms with Gasteiger partial charge in [0.05, 0.1) is 0 Å². The van der Waals surface area contributed by atoms with Gasteiger partial charge in [0.1, 0.15) is 0 Å². The molecule has 1 aromatic carbocycles. The summed E-state index contributed by atoms with van der Waals surface area (Å²) in [6.07, 6.45) is 12.3. The van der Waals surface area contributed by atoms with Crippen molar-refractivity contribution in [1.82, 2.24) is 0 Å². The Balaban J connectivity index is 1.99. The molecular formula is C20H31Br. The monoisotopic (exact) mass is 350 g/mol. The molecule has 1 saturated carbocycles. The van der Waals surface area contributed by atoms with Crippen LogP contribution in [0.3, 0.4) is 0 Å². The van der Waals surface area contributed by atoms with Crippen molar-refractivity contribution in [3.05, 3.63) is 35.4 Å². The third-order valence-corrected chi connectivity index (χ3v) is 6.47. The van der Waals surface area contributed by atoms with Gasteiger partial charge in [0.25, 0.3) is 0 Å². The number of rotatable bonds is 7. The third-order valence-electron chi connectivity index (χ3n) is 5.20. The number of benzene rings is 1. The van der Waals surface area contributed by atoms with Crippen molar-refractivity contribution in [1.29, 1.82) is 0 Å². The van der Waals surface area contributed by atoms with Crippen LogP contribution in [0.15, 0.2) is 24.3 Å². The van der Waals surface area contributed by atoms with Crippen LogP contribution in [-0.2, 0) is 0 Å². The van der Waals surface area contributed by atoms with Gasteiger partial charge in [-0.25, -0.2) is 0 Å². The van der Waals surface area contributed by atoms with Gasteiger partial charge >= 0.3 is 0 Å². The van der Waals surface area contributed by atoms with Crippen molar-refractivity contribution in [2.24, 2.45) is 5.92 Å². The van der Waals surface area contributed by atoms with Gasteiger partial charge in [-0.15, -0.1) is 0 Å². The summed E-state index contributed by atoms with van der Waals surface area (Å²) in [5.41, 5.74) is 3.04. The van der Waals surface area contributed by atoms with Crippen LogP contribution in [-0.4, -0.2) is 0 Å². The number of hydrogen-bond donors (Lipinski definition) is 0. The van der Waals surface area contributed by atoms with Crippen molar-refractivity contribution in [3.63, 3.8) is 0 Å². The van der Waals surface area contributed by atoms with Gasteiger partial charge in [-0.3, -0.25) is 0 Å². The van der Waals surface area contributed by atoms with Crippen molar-refractivity contribution in [2.75, 3.05) is 0 Å². The summed E-state index contributed by atoms with van der Waals surface area (Å²) in [5.74, 6) is 1.59. The van der Waals surface area contributed by atoms with Crippen molar-refractivity contribution in [3.8, 4) is 0 Å². The van der Waals surface area contributed by atoms with E-state index in [0.717, 1.165) is 11.8 Å². The van der Waals surface area contributed by atoms with E-state index in [0.29, 0.717) is 4.83 Å². The van der Waals surface area contributed by atoms with Crippen LogP contribution in [0.25, 0.3) is 0 Å². The highest BCUT2D eigenvalue weighted by Gasteiger charge is 2.20. The topological polar surface area (TPSA) is 0 Å². The van der Waals surface area contributed by atoms with Crippen molar-refractivity contribution >= 4 is 15.9 Å². The van der Waals surface area contributed by atoms with E-state index in [4.69, 9.17) is 0 Å². The second kappa shape index (κ2) is 8.98. The fraction of sp³-hybridized carbons (Fsp3) is 0.700. The lowest BCUT2D eigenvalue weighted by atomic mass is 9.83. The first kappa shape index (κ1) is 17.1. The maximum Gasteiger partial charge on any atom is 0.0423 e. The molecule has 1 aliphatic rings. The molecule has 0 saturated heterocycles. The summed E-state index contributed by atoms with van der Waals surface area (Å²) in [7, 11) is 0. The molecule has 0 spiro atoms. The predicted molar refractivity (Wildman–Crippen MR) is 97.2 cm³/mol. The predicted octanol–water partition coefficient (Wildman–Crippen LogP) is 7.39. The van der Waals surface area contributed by atoms with Crippen LogP contribution in [0.2, 0.25) is 0 Å². The lowest BCUT2D eigenvalue weighted by molar-refractivity contribution is 0.441. The summed E-state index contributed by atoms with van der Waals surface area (Å²) < 4.78 is 0. The molecule has 1 aromatic rings. The highest BCUT2D eigenvalue weighted by atomic mass is 79.9. The Morgan fingerprint density at radius 2 is 1.71 bits per heavy atom. The molecule has 1 aliphatic carbocycles. The largest absolute Gasteiger partial charge is 0.0836 e. The van der Waals surface area contributed by atoms with Crippen molar-refractivity contribution in [2.45, 2.75) is 82.4 Å². The molecule has 0 aliphatic heterocycles. The van der Waals surface area contributed by atoms with Gasteiger partial charge in [0.2, 0.25) is 0 Å². The molecule has 118 valence electrons. The summed E-state index contributed by atoms with van der Waals surface area (Å²) in [6, 6.07) is 9.54. The van der Waals surface area contributed by atoms with E-state index in [2.05, 4.69) is 54.0 Å². The molecule has 2 rings (SSSR count). The Hall–Kier alpha value is -0.300. The standard InChI is InChI=1S/C20H31Br/c1-3-5-9-16(4-2)20(21)19-14-12-18(13-15-19)17-10-7-6-8-11-17/h12-17,20H,3-11H2,1-2H3. The molecule has 0 amide bonds. The van der Waals surface area contributed by atoms with E-state index >= 15 is 0 Å². The van der Waals surface area contributed by atoms with Crippen LogP contribution in [0, 0.1) is 5.92 Å². The van der Waals surface area contributed by atoms with Gasteiger partial charge in [0, 0.05) is 4.83 Å². The maximum absolute atomic E-state index is 3.96. The summed E-state index contributed by atoms with van der Waals surface area (Å²) in [5, 5.41) is 0. The van der Waals surface area contributed by atoms with Crippen LogP contribution in [0.4, 0.5) is 0 Å². The lowest BCUT2D eigenvalue weighted by Gasteiger charge is -2.24. The highest BCUT2D eigenvalue weighted by molar-refractivity contribution is 9.09. The molecule has 2 atom stereocenters. The first-order valence-electron chi connectivity index (χ1n) is 9.00. The Morgan fingerprint density at radius 3 is 2.29 bits per heavy atom. The smallest absolute Gasteiger partial charge is 0.0423 e. The molecule has 0 bridgehead atoms. The minimum atomic E-state index is 0.523. The van der Waals surface area contributed by atoms with Gasteiger partial charge < -0.3 is 0 Å². The molecule has 0 N–H and O–H groups in total. The zero-order valence-corrected chi connectivity index (χ0v) is 15.4. The first-order chi connectivity index (χ1) is 10.3. The van der Waals surface area contributed by atoms with E-state index in [-0.39, 0.29) is 0 Å². The van der Waals surface area contributed by atoms with Gasteiger partial charge in [-0.2, -0.15) is 0 Å². The van der Waals surface area contributed by atoms with Crippen LogP contribution in [0.5, 0.6) is 0 Å². The molecular weight excluding hydrogens is 320 g/mol. The summed E-state index contributed by atoms with van der Waals surface area (Å²) in [6.45, 7) is 4.61. The molecule has 0 radical (unpaired) electrons. The molecule has 0 aromatic heterocycles. The zero-order chi connectivity index (χ0) is 15.1. The second-order valence-electron chi connectivity index (χ2n) is 6.71. The lowest BCUT2D eigenvalue weighted by Crippen LogP contribution is -2.08. The Kier molecular flexibility index (Phi) is 7.29. The maximum atomic E-state index is 3.96. The van der Waals surface area contributed by atoms with E-state index in [1.54, 1.807) is 5.56 Å². The Bertz CT molecular complexity index is 389. The number of hydrogen-bond acceptors (Lipinski definition) is 0. The van der Waals surface area contributed by atoms with Crippen molar-refractivity contribution < 1.29 is 0 Å². The Labute approximate surface area is 139 Å². The van der Waals surface area contributed by atoms with E-state index in [1.165, 1.54) is 63.4 Å². The van der Waals surface area contributed by atoms with E-state index in [9.17, 15) is 0 Å². The highest BCUT2D eigenvalue weighted by Crippen LogP contribution is 2.38. The molecule has 0 heterocycles. The third kappa shape index (κ3) is 4.84. The second-order valence-corrected chi connectivity index (χ2v) is 7.70. The Morgan fingerprint density at radius 1 is 1.05 bits per heavy atom.